The van der Waals surface area contributed by atoms with E-state index < -0.39 is 0 Å². The van der Waals surface area contributed by atoms with Crippen LogP contribution in [0.25, 0.3) is 10.8 Å². The topological polar surface area (TPSA) is 77.7 Å². The van der Waals surface area contributed by atoms with Crippen LogP contribution >= 0.6 is 11.3 Å². The van der Waals surface area contributed by atoms with E-state index in [1.165, 1.54) is 0 Å². The van der Waals surface area contributed by atoms with Crippen LogP contribution in [0.1, 0.15) is 30.2 Å². The van der Waals surface area contributed by atoms with Gasteiger partial charge in [0.05, 0.1) is 31.4 Å². The highest BCUT2D eigenvalue weighted by Gasteiger charge is 2.28. The number of carbonyl (C=O) groups excluding carboxylic acids is 1. The molecule has 29 heavy (non-hydrogen) atoms. The number of likely N-dealkylation sites (tertiary alicyclic amines) is 1. The number of hydrogen-bond donors (Lipinski definition) is 0. The van der Waals surface area contributed by atoms with Crippen molar-refractivity contribution in [2.75, 3.05) is 27.3 Å². The molecule has 0 unspecified atom stereocenters. The van der Waals surface area contributed by atoms with Gasteiger partial charge in [-0.1, -0.05) is 12.1 Å². The SMILES string of the molecule is COc1ccc(CC(=O)N2CCC[C@@H](c3nnc(-c4cccs4)o3)C2)cc1OC. The molecule has 0 N–H and O–H groups in total. The lowest BCUT2D eigenvalue weighted by Crippen LogP contribution is -2.40. The van der Waals surface area contributed by atoms with E-state index in [0.717, 1.165) is 29.8 Å². The van der Waals surface area contributed by atoms with Crippen LogP contribution in [0.2, 0.25) is 0 Å². The molecule has 0 spiro atoms. The fraction of sp³-hybridized carbons (Fsp3) is 0.381. The van der Waals surface area contributed by atoms with E-state index in [2.05, 4.69) is 10.2 Å². The average Bonchev–Trinajstić information content (AvgIpc) is 3.45. The first-order valence-electron chi connectivity index (χ1n) is 9.54. The largest absolute Gasteiger partial charge is 0.493 e. The Morgan fingerprint density at radius 2 is 2.10 bits per heavy atom. The number of thiophene rings is 1. The van der Waals surface area contributed by atoms with Crippen LogP contribution in [0, 0.1) is 0 Å². The first kappa shape index (κ1) is 19.4. The second-order valence-electron chi connectivity index (χ2n) is 6.97. The maximum absolute atomic E-state index is 12.9. The highest BCUT2D eigenvalue weighted by Crippen LogP contribution is 2.31. The van der Waals surface area contributed by atoms with Crippen LogP contribution in [0.5, 0.6) is 11.5 Å². The molecular weight excluding hydrogens is 390 g/mol. The number of rotatable bonds is 6. The molecule has 1 aromatic carbocycles. The van der Waals surface area contributed by atoms with E-state index in [9.17, 15) is 4.79 Å². The van der Waals surface area contributed by atoms with Crippen molar-refractivity contribution in [3.8, 4) is 22.3 Å². The number of carbonyl (C=O) groups is 1. The van der Waals surface area contributed by atoms with E-state index in [4.69, 9.17) is 13.9 Å². The lowest BCUT2D eigenvalue weighted by molar-refractivity contribution is -0.131. The van der Waals surface area contributed by atoms with Crippen molar-refractivity contribution in [1.82, 2.24) is 15.1 Å². The number of hydrogen-bond acceptors (Lipinski definition) is 7. The molecule has 1 aliphatic rings. The molecule has 1 atom stereocenters. The van der Waals surface area contributed by atoms with E-state index >= 15 is 0 Å². The van der Waals surface area contributed by atoms with Gasteiger partial charge < -0.3 is 18.8 Å². The molecule has 1 fully saturated rings. The maximum atomic E-state index is 12.9. The van der Waals surface area contributed by atoms with Crippen molar-refractivity contribution >= 4 is 17.2 Å². The minimum atomic E-state index is 0.0688. The normalized spacial score (nSPS) is 16.6. The standard InChI is InChI=1S/C21H23N3O4S/c1-26-16-8-7-14(11-17(16)27-2)12-19(25)24-9-3-5-15(13-24)20-22-23-21(28-20)18-6-4-10-29-18/h4,6-8,10-11,15H,3,5,9,12-13H2,1-2H3/t15-/m1/s1. The summed E-state index contributed by atoms with van der Waals surface area (Å²) in [5, 5.41) is 10.4. The van der Waals surface area contributed by atoms with Gasteiger partial charge in [0, 0.05) is 13.1 Å². The summed E-state index contributed by atoms with van der Waals surface area (Å²) in [5.41, 5.74) is 0.896. The summed E-state index contributed by atoms with van der Waals surface area (Å²) in [4.78, 5) is 15.7. The molecule has 0 aliphatic carbocycles. The zero-order chi connectivity index (χ0) is 20.2. The third kappa shape index (κ3) is 4.27. The van der Waals surface area contributed by atoms with Crippen LogP contribution in [-0.2, 0) is 11.2 Å². The molecule has 1 aliphatic heterocycles. The van der Waals surface area contributed by atoms with Gasteiger partial charge in [-0.15, -0.1) is 21.5 Å². The molecule has 8 heteroatoms. The lowest BCUT2D eigenvalue weighted by atomic mass is 9.97. The Morgan fingerprint density at radius 3 is 2.86 bits per heavy atom. The molecule has 152 valence electrons. The Bertz CT molecular complexity index is 970. The fourth-order valence-corrected chi connectivity index (χ4v) is 4.23. The first-order valence-corrected chi connectivity index (χ1v) is 10.4. The van der Waals surface area contributed by atoms with Crippen molar-refractivity contribution in [3.05, 3.63) is 47.2 Å². The van der Waals surface area contributed by atoms with Gasteiger partial charge in [-0.25, -0.2) is 0 Å². The number of methoxy groups -OCH3 is 2. The van der Waals surface area contributed by atoms with Gasteiger partial charge in [-0.2, -0.15) is 0 Å². The number of benzene rings is 1. The Balaban J connectivity index is 1.42. The highest BCUT2D eigenvalue weighted by molar-refractivity contribution is 7.13. The van der Waals surface area contributed by atoms with Gasteiger partial charge in [0.15, 0.2) is 11.5 Å². The van der Waals surface area contributed by atoms with Crippen LogP contribution < -0.4 is 9.47 Å². The van der Waals surface area contributed by atoms with Gasteiger partial charge in [-0.3, -0.25) is 4.79 Å². The Hall–Kier alpha value is -2.87. The van der Waals surface area contributed by atoms with Gasteiger partial charge in [0.2, 0.25) is 11.8 Å². The molecule has 0 bridgehead atoms. The second-order valence-corrected chi connectivity index (χ2v) is 7.92. The molecular formula is C21H23N3O4S. The van der Waals surface area contributed by atoms with Crippen LogP contribution in [0.3, 0.4) is 0 Å². The number of amides is 1. The van der Waals surface area contributed by atoms with Gasteiger partial charge in [0.25, 0.3) is 5.89 Å². The number of piperidine rings is 1. The summed E-state index contributed by atoms with van der Waals surface area (Å²) >= 11 is 1.57. The van der Waals surface area contributed by atoms with E-state index in [-0.39, 0.29) is 11.8 Å². The van der Waals surface area contributed by atoms with Crippen molar-refractivity contribution < 1.29 is 18.7 Å². The molecule has 3 heterocycles. The summed E-state index contributed by atoms with van der Waals surface area (Å²) in [6, 6.07) is 9.49. The summed E-state index contributed by atoms with van der Waals surface area (Å²) in [7, 11) is 3.19. The Morgan fingerprint density at radius 1 is 1.24 bits per heavy atom. The third-order valence-electron chi connectivity index (χ3n) is 5.10. The molecule has 2 aromatic heterocycles. The zero-order valence-corrected chi connectivity index (χ0v) is 17.3. The molecule has 0 saturated carbocycles. The number of nitrogens with zero attached hydrogens (tertiary/aromatic N) is 3. The zero-order valence-electron chi connectivity index (χ0n) is 16.5. The van der Waals surface area contributed by atoms with Crippen LogP contribution in [-0.4, -0.2) is 48.3 Å². The fourth-order valence-electron chi connectivity index (χ4n) is 3.58. The second kappa shape index (κ2) is 8.65. The van der Waals surface area contributed by atoms with Gasteiger partial charge >= 0.3 is 0 Å². The quantitative estimate of drug-likeness (QED) is 0.612. The molecule has 4 rings (SSSR count). The molecule has 7 nitrogen and oxygen atoms in total. The minimum Gasteiger partial charge on any atom is -0.493 e. The Kier molecular flexibility index (Phi) is 5.80. The monoisotopic (exact) mass is 413 g/mol. The molecule has 0 radical (unpaired) electrons. The number of ether oxygens (including phenoxy) is 2. The predicted octanol–water partition coefficient (Wildman–Crippen LogP) is 3.76. The van der Waals surface area contributed by atoms with Crippen molar-refractivity contribution in [2.24, 2.45) is 0 Å². The van der Waals surface area contributed by atoms with E-state index in [0.29, 0.717) is 36.2 Å². The highest BCUT2D eigenvalue weighted by atomic mass is 32.1. The van der Waals surface area contributed by atoms with Crippen molar-refractivity contribution in [2.45, 2.75) is 25.2 Å². The Labute approximate surface area is 173 Å². The van der Waals surface area contributed by atoms with Gasteiger partial charge in [-0.05, 0) is 42.0 Å². The van der Waals surface area contributed by atoms with Crippen molar-refractivity contribution in [1.29, 1.82) is 0 Å². The summed E-state index contributed by atoms with van der Waals surface area (Å²) < 4.78 is 16.5. The predicted molar refractivity (Wildman–Crippen MR) is 109 cm³/mol. The van der Waals surface area contributed by atoms with E-state index in [1.54, 1.807) is 25.6 Å². The lowest BCUT2D eigenvalue weighted by Gasteiger charge is -2.31. The number of aromatic nitrogens is 2. The minimum absolute atomic E-state index is 0.0688. The summed E-state index contributed by atoms with van der Waals surface area (Å²) in [6.45, 7) is 1.34. The van der Waals surface area contributed by atoms with Crippen LogP contribution in [0.4, 0.5) is 0 Å². The van der Waals surface area contributed by atoms with Gasteiger partial charge in [0.1, 0.15) is 0 Å². The summed E-state index contributed by atoms with van der Waals surface area (Å²) in [6.07, 6.45) is 2.17. The van der Waals surface area contributed by atoms with Crippen LogP contribution in [0.15, 0.2) is 40.1 Å². The molecule has 1 amide bonds. The third-order valence-corrected chi connectivity index (χ3v) is 5.96. The summed E-state index contributed by atoms with van der Waals surface area (Å²) in [5.74, 6) is 2.58. The maximum Gasteiger partial charge on any atom is 0.257 e. The average molecular weight is 413 g/mol. The van der Waals surface area contributed by atoms with E-state index in [1.807, 2.05) is 40.6 Å². The molecule has 3 aromatic rings. The first-order chi connectivity index (χ1) is 14.2. The molecule has 1 saturated heterocycles. The van der Waals surface area contributed by atoms with Crippen molar-refractivity contribution in [3.63, 3.8) is 0 Å². The smallest absolute Gasteiger partial charge is 0.257 e.